The number of para-hydroxylation sites is 2. The number of aryl methyl sites for hydroxylation is 2. The van der Waals surface area contributed by atoms with E-state index in [0.29, 0.717) is 31.7 Å². The van der Waals surface area contributed by atoms with E-state index in [1.54, 1.807) is 0 Å². The van der Waals surface area contributed by atoms with Crippen LogP contribution in [0.5, 0.6) is 0 Å². The Balaban J connectivity index is 1.53. The largest absolute Gasteiger partial charge is 0.463 e. The molecule has 6 heteroatoms. The summed E-state index contributed by atoms with van der Waals surface area (Å²) in [4.78, 5) is 12.6. The van der Waals surface area contributed by atoms with E-state index in [4.69, 9.17) is 4.74 Å². The number of imidazole rings is 1. The maximum atomic E-state index is 12.6. The number of esters is 1. The summed E-state index contributed by atoms with van der Waals surface area (Å²) >= 11 is 0. The van der Waals surface area contributed by atoms with Crippen molar-refractivity contribution < 1.29 is 9.53 Å². The number of fused-ring (bicyclic) bond motifs is 1. The highest BCUT2D eigenvalue weighted by molar-refractivity contribution is 5.76. The van der Waals surface area contributed by atoms with Gasteiger partial charge in [0.1, 0.15) is 6.61 Å². The number of nitrogens with zero attached hydrogens (tertiary/aromatic N) is 2. The van der Waals surface area contributed by atoms with Crippen molar-refractivity contribution in [2.24, 2.45) is 5.92 Å². The minimum atomic E-state index is -0.189. The quantitative estimate of drug-likeness (QED) is 0.382. The third-order valence-corrected chi connectivity index (χ3v) is 6.87. The Bertz CT molecular complexity index is 1380. The van der Waals surface area contributed by atoms with Gasteiger partial charge in [0.2, 0.25) is 5.62 Å². The zero-order valence-corrected chi connectivity index (χ0v) is 20.3. The second-order valence-electron chi connectivity index (χ2n) is 9.58. The number of hydrogen-bond donors (Lipinski definition) is 2. The second kappa shape index (κ2) is 9.92. The van der Waals surface area contributed by atoms with Gasteiger partial charge in [-0.15, -0.1) is 0 Å². The maximum absolute atomic E-state index is 12.6. The van der Waals surface area contributed by atoms with Crippen molar-refractivity contribution in [1.29, 1.82) is 5.41 Å². The fourth-order valence-electron chi connectivity index (χ4n) is 4.63. The molecule has 1 aliphatic rings. The van der Waals surface area contributed by atoms with Gasteiger partial charge in [0, 0.05) is 13.1 Å². The third-order valence-electron chi connectivity index (χ3n) is 6.87. The van der Waals surface area contributed by atoms with Gasteiger partial charge >= 0.3 is 5.97 Å². The number of nitrogens with one attached hydrogen (secondary N) is 2. The molecule has 1 aliphatic heterocycles. The van der Waals surface area contributed by atoms with Gasteiger partial charge < -0.3 is 19.2 Å². The first-order valence-electron chi connectivity index (χ1n) is 12.2. The molecule has 5 rings (SSSR count). The number of ether oxygens (including phenoxy) is 1. The number of benzene rings is 3. The lowest BCUT2D eigenvalue weighted by Crippen LogP contribution is -2.47. The highest BCUT2D eigenvalue weighted by Gasteiger charge is 2.28. The van der Waals surface area contributed by atoms with Crippen molar-refractivity contribution in [1.82, 2.24) is 14.5 Å². The number of rotatable bonds is 8. The molecule has 0 spiro atoms. The van der Waals surface area contributed by atoms with Crippen molar-refractivity contribution >= 4 is 17.0 Å². The van der Waals surface area contributed by atoms with E-state index in [9.17, 15) is 10.2 Å². The molecule has 0 aliphatic carbocycles. The summed E-state index contributed by atoms with van der Waals surface area (Å²) in [6.45, 7) is 6.35. The summed E-state index contributed by atoms with van der Waals surface area (Å²) < 4.78 is 9.89. The van der Waals surface area contributed by atoms with E-state index in [1.807, 2.05) is 21.3 Å². The van der Waals surface area contributed by atoms with Crippen LogP contribution in [-0.4, -0.2) is 34.8 Å². The zero-order valence-electron chi connectivity index (χ0n) is 20.3. The van der Waals surface area contributed by atoms with Gasteiger partial charge in [-0.3, -0.25) is 10.2 Å². The lowest BCUT2D eigenvalue weighted by atomic mass is 10.0. The van der Waals surface area contributed by atoms with Crippen molar-refractivity contribution in [3.05, 3.63) is 101 Å². The van der Waals surface area contributed by atoms with Crippen LogP contribution in [0, 0.1) is 25.2 Å². The molecule has 0 unspecified atom stereocenters. The number of hydrogen-bond acceptors (Lipinski definition) is 4. The van der Waals surface area contributed by atoms with E-state index in [2.05, 4.69) is 79.8 Å². The van der Waals surface area contributed by atoms with Gasteiger partial charge in [0.05, 0.1) is 29.5 Å². The first-order valence-corrected chi connectivity index (χ1v) is 12.2. The number of carbonyl (C=O) groups excluding carboxylic acids is 1. The second-order valence-corrected chi connectivity index (χ2v) is 9.58. The first-order chi connectivity index (χ1) is 17.0. The molecule has 1 atom stereocenters. The van der Waals surface area contributed by atoms with Crippen LogP contribution in [0.3, 0.4) is 0 Å². The van der Waals surface area contributed by atoms with Crippen LogP contribution >= 0.6 is 0 Å². The van der Waals surface area contributed by atoms with Gasteiger partial charge in [-0.05, 0) is 43.5 Å². The zero-order chi connectivity index (χ0) is 24.4. The van der Waals surface area contributed by atoms with Crippen LogP contribution in [0.4, 0.5) is 0 Å². The lowest BCUT2D eigenvalue weighted by molar-refractivity contribution is -0.151. The smallest absolute Gasteiger partial charge is 0.311 e. The number of aromatic nitrogens is 2. The van der Waals surface area contributed by atoms with Crippen LogP contribution < -0.4 is 10.9 Å². The van der Waals surface area contributed by atoms with Gasteiger partial charge in [-0.2, -0.15) is 0 Å². The fraction of sp³-hybridized carbons (Fsp3) is 0.310. The Labute approximate surface area is 205 Å². The van der Waals surface area contributed by atoms with Crippen LogP contribution in [-0.2, 0) is 22.5 Å². The van der Waals surface area contributed by atoms with Crippen molar-refractivity contribution in [2.45, 2.75) is 32.9 Å². The number of carbonyl (C=O) groups is 1. The Morgan fingerprint density at radius 2 is 1.54 bits per heavy atom. The fourth-order valence-corrected chi connectivity index (χ4v) is 4.63. The Kier molecular flexibility index (Phi) is 6.55. The molecule has 0 radical (unpaired) electrons. The minimum absolute atomic E-state index is 0.0709. The van der Waals surface area contributed by atoms with Crippen molar-refractivity contribution in [3.8, 4) is 0 Å². The minimum Gasteiger partial charge on any atom is -0.463 e. The third kappa shape index (κ3) is 4.93. The molecule has 6 nitrogen and oxygen atoms in total. The molecule has 3 aromatic carbocycles. The predicted molar refractivity (Wildman–Crippen MR) is 137 cm³/mol. The molecule has 0 saturated carbocycles. The Morgan fingerprint density at radius 1 is 0.943 bits per heavy atom. The molecule has 1 saturated heterocycles. The van der Waals surface area contributed by atoms with Crippen LogP contribution in [0.2, 0.25) is 0 Å². The van der Waals surface area contributed by atoms with E-state index in [0.717, 1.165) is 22.2 Å². The van der Waals surface area contributed by atoms with E-state index in [1.165, 1.54) is 11.1 Å². The monoisotopic (exact) mass is 468 g/mol. The lowest BCUT2D eigenvalue weighted by Gasteiger charge is -2.26. The molecule has 35 heavy (non-hydrogen) atoms. The topological polar surface area (TPSA) is 72.0 Å². The predicted octanol–water partition coefficient (Wildman–Crippen LogP) is 4.13. The highest BCUT2D eigenvalue weighted by atomic mass is 16.5. The van der Waals surface area contributed by atoms with Crippen molar-refractivity contribution in [2.75, 3.05) is 19.7 Å². The summed E-state index contributed by atoms with van der Waals surface area (Å²) in [5, 5.41) is 12.3. The molecule has 0 bridgehead atoms. The van der Waals surface area contributed by atoms with Gasteiger partial charge in [-0.1, -0.05) is 71.8 Å². The Hall–Kier alpha value is -3.64. The van der Waals surface area contributed by atoms with E-state index in [-0.39, 0.29) is 24.5 Å². The van der Waals surface area contributed by atoms with Crippen LogP contribution in [0.15, 0.2) is 72.8 Å². The molecule has 1 aromatic heterocycles. The standard InChI is InChI=1S/C29H32N4O2/c1-20-7-11-22(12-8-20)15-25(19-35-28(34)24-16-31-17-24)33-27-6-4-3-5-26(27)32(29(33)30)18-23-13-9-21(2)10-14-23/h3-14,24-25,30-31H,15-19H2,1-2H3/t25-/m0/s1. The van der Waals surface area contributed by atoms with Crippen LogP contribution in [0.25, 0.3) is 11.0 Å². The maximum Gasteiger partial charge on any atom is 0.311 e. The first kappa shape index (κ1) is 23.1. The van der Waals surface area contributed by atoms with E-state index < -0.39 is 0 Å². The summed E-state index contributed by atoms with van der Waals surface area (Å²) in [5.41, 5.74) is 7.11. The molecule has 1 fully saturated rings. The average molecular weight is 469 g/mol. The van der Waals surface area contributed by atoms with E-state index >= 15 is 0 Å². The Morgan fingerprint density at radius 3 is 2.14 bits per heavy atom. The molecule has 0 amide bonds. The molecular formula is C29H32N4O2. The molecule has 2 heterocycles. The molecule has 4 aromatic rings. The van der Waals surface area contributed by atoms with Gasteiger partial charge in [0.15, 0.2) is 0 Å². The summed E-state index contributed by atoms with van der Waals surface area (Å²) in [5.74, 6) is -0.230. The highest BCUT2D eigenvalue weighted by Crippen LogP contribution is 2.23. The normalized spacial score (nSPS) is 14.6. The SMILES string of the molecule is Cc1ccc(C[C@@H](COC(=O)C2CNC2)n2c(=N)n(Cc3ccc(C)cc3)c3ccccc32)cc1. The molecule has 2 N–H and O–H groups in total. The summed E-state index contributed by atoms with van der Waals surface area (Å²) in [6, 6.07) is 24.8. The molecular weight excluding hydrogens is 436 g/mol. The summed E-state index contributed by atoms with van der Waals surface area (Å²) in [6.07, 6.45) is 0.672. The average Bonchev–Trinajstić information content (AvgIpc) is 3.09. The molecule has 180 valence electrons. The van der Waals surface area contributed by atoms with Crippen LogP contribution in [0.1, 0.15) is 28.3 Å². The van der Waals surface area contributed by atoms with Gasteiger partial charge in [-0.25, -0.2) is 0 Å². The van der Waals surface area contributed by atoms with Crippen molar-refractivity contribution in [3.63, 3.8) is 0 Å². The van der Waals surface area contributed by atoms with Gasteiger partial charge in [0.25, 0.3) is 0 Å². The summed E-state index contributed by atoms with van der Waals surface area (Å²) in [7, 11) is 0.